The van der Waals surface area contributed by atoms with E-state index in [4.69, 9.17) is 0 Å². The van der Waals surface area contributed by atoms with E-state index in [0.29, 0.717) is 12.6 Å². The largest absolute Gasteiger partial charge is 0.348 e. The molecule has 3 nitrogen and oxygen atoms in total. The molecule has 1 saturated heterocycles. The number of hydrogen-bond donors (Lipinski definition) is 1. The van der Waals surface area contributed by atoms with Crippen LogP contribution in [0, 0.1) is 0 Å². The highest BCUT2D eigenvalue weighted by Crippen LogP contribution is 2.32. The molecule has 1 heterocycles. The molecular formula is C22H26N2O. The number of nitrogens with one attached hydrogen (secondary N) is 1. The second kappa shape index (κ2) is 7.40. The van der Waals surface area contributed by atoms with E-state index in [2.05, 4.69) is 64.8 Å². The van der Waals surface area contributed by atoms with E-state index < -0.39 is 0 Å². The summed E-state index contributed by atoms with van der Waals surface area (Å²) in [6, 6.07) is 19.7. The first-order valence-electron chi connectivity index (χ1n) is 9.47. The van der Waals surface area contributed by atoms with Gasteiger partial charge in [-0.05, 0) is 55.3 Å². The van der Waals surface area contributed by atoms with Crippen LogP contribution in [0.2, 0.25) is 0 Å². The minimum Gasteiger partial charge on any atom is -0.348 e. The molecule has 1 aliphatic carbocycles. The van der Waals surface area contributed by atoms with Crippen LogP contribution in [0.25, 0.3) is 0 Å². The van der Waals surface area contributed by atoms with Crippen LogP contribution in [0.3, 0.4) is 0 Å². The van der Waals surface area contributed by atoms with Gasteiger partial charge in [-0.3, -0.25) is 9.69 Å². The standard InChI is InChI=1S/C22H26N2O/c25-22(23-20-13-6-11-17-8-4-5-12-19(17)20)16-24-15-7-14-21(24)18-9-2-1-3-10-18/h1-5,8-10,12,20-21H,6-7,11,13-16H2,(H,23,25)/t20-,21+/m1/s1. The predicted octanol–water partition coefficient (Wildman–Crippen LogP) is 4.02. The van der Waals surface area contributed by atoms with Crippen LogP contribution >= 0.6 is 0 Å². The van der Waals surface area contributed by atoms with E-state index in [0.717, 1.165) is 32.2 Å². The van der Waals surface area contributed by atoms with Crippen molar-refractivity contribution in [2.45, 2.75) is 44.2 Å². The third kappa shape index (κ3) is 3.62. The van der Waals surface area contributed by atoms with Crippen LogP contribution in [-0.2, 0) is 11.2 Å². The fraction of sp³-hybridized carbons (Fsp3) is 0.409. The van der Waals surface area contributed by atoms with Gasteiger partial charge in [0, 0.05) is 6.04 Å². The monoisotopic (exact) mass is 334 g/mol. The molecule has 0 saturated carbocycles. The summed E-state index contributed by atoms with van der Waals surface area (Å²) in [5, 5.41) is 3.29. The number of hydrogen-bond acceptors (Lipinski definition) is 2. The molecule has 2 aromatic carbocycles. The number of amides is 1. The zero-order valence-electron chi connectivity index (χ0n) is 14.7. The number of rotatable bonds is 4. The first kappa shape index (κ1) is 16.3. The van der Waals surface area contributed by atoms with Gasteiger partial charge < -0.3 is 5.32 Å². The maximum Gasteiger partial charge on any atom is 0.234 e. The van der Waals surface area contributed by atoms with Crippen molar-refractivity contribution in [1.82, 2.24) is 10.2 Å². The summed E-state index contributed by atoms with van der Waals surface area (Å²) >= 11 is 0. The third-order valence-corrected chi connectivity index (χ3v) is 5.60. The molecule has 3 heteroatoms. The summed E-state index contributed by atoms with van der Waals surface area (Å²) < 4.78 is 0. The summed E-state index contributed by atoms with van der Waals surface area (Å²) in [6.45, 7) is 1.51. The number of carbonyl (C=O) groups is 1. The van der Waals surface area contributed by atoms with E-state index in [-0.39, 0.29) is 11.9 Å². The summed E-state index contributed by atoms with van der Waals surface area (Å²) in [5.41, 5.74) is 4.03. The molecule has 130 valence electrons. The summed E-state index contributed by atoms with van der Waals surface area (Å²) in [6.07, 6.45) is 5.64. The van der Waals surface area contributed by atoms with E-state index in [1.54, 1.807) is 0 Å². The topological polar surface area (TPSA) is 32.3 Å². The number of likely N-dealkylation sites (tertiary alicyclic amines) is 1. The van der Waals surface area contributed by atoms with Gasteiger partial charge in [-0.25, -0.2) is 0 Å². The molecule has 2 aliphatic rings. The van der Waals surface area contributed by atoms with Crippen molar-refractivity contribution in [3.8, 4) is 0 Å². The maximum absolute atomic E-state index is 12.7. The Morgan fingerprint density at radius 1 is 1.00 bits per heavy atom. The smallest absolute Gasteiger partial charge is 0.234 e. The quantitative estimate of drug-likeness (QED) is 0.916. The molecule has 0 aromatic heterocycles. The van der Waals surface area contributed by atoms with Crippen LogP contribution < -0.4 is 5.32 Å². The molecule has 1 aliphatic heterocycles. The molecule has 25 heavy (non-hydrogen) atoms. The van der Waals surface area contributed by atoms with Gasteiger partial charge >= 0.3 is 0 Å². The molecule has 1 amide bonds. The van der Waals surface area contributed by atoms with Crippen LogP contribution in [0.1, 0.15) is 54.5 Å². The number of carbonyl (C=O) groups excluding carboxylic acids is 1. The van der Waals surface area contributed by atoms with Crippen molar-refractivity contribution in [2.75, 3.05) is 13.1 Å². The van der Waals surface area contributed by atoms with E-state index >= 15 is 0 Å². The van der Waals surface area contributed by atoms with Gasteiger partial charge in [0.1, 0.15) is 0 Å². The molecule has 1 N–H and O–H groups in total. The van der Waals surface area contributed by atoms with Crippen molar-refractivity contribution in [1.29, 1.82) is 0 Å². The van der Waals surface area contributed by atoms with Crippen molar-refractivity contribution < 1.29 is 4.79 Å². The van der Waals surface area contributed by atoms with Crippen molar-refractivity contribution in [3.05, 3.63) is 71.3 Å². The summed E-state index contributed by atoms with van der Waals surface area (Å²) in [4.78, 5) is 15.0. The molecule has 4 rings (SSSR count). The molecule has 0 unspecified atom stereocenters. The Bertz CT molecular complexity index is 728. The van der Waals surface area contributed by atoms with Crippen molar-refractivity contribution >= 4 is 5.91 Å². The fourth-order valence-electron chi connectivity index (χ4n) is 4.40. The van der Waals surface area contributed by atoms with Gasteiger partial charge in [-0.15, -0.1) is 0 Å². The van der Waals surface area contributed by atoms with E-state index in [1.807, 2.05) is 0 Å². The minimum absolute atomic E-state index is 0.157. The highest BCUT2D eigenvalue weighted by molar-refractivity contribution is 5.78. The Morgan fingerprint density at radius 2 is 1.80 bits per heavy atom. The van der Waals surface area contributed by atoms with Crippen LogP contribution in [0.15, 0.2) is 54.6 Å². The first-order chi connectivity index (χ1) is 12.3. The molecular weight excluding hydrogens is 308 g/mol. The fourth-order valence-corrected chi connectivity index (χ4v) is 4.40. The Morgan fingerprint density at radius 3 is 2.68 bits per heavy atom. The third-order valence-electron chi connectivity index (χ3n) is 5.60. The van der Waals surface area contributed by atoms with Crippen molar-refractivity contribution in [2.24, 2.45) is 0 Å². The lowest BCUT2D eigenvalue weighted by atomic mass is 9.88. The lowest BCUT2D eigenvalue weighted by molar-refractivity contribution is -0.123. The van der Waals surface area contributed by atoms with Gasteiger partial charge in [0.25, 0.3) is 0 Å². The predicted molar refractivity (Wildman–Crippen MR) is 100 cm³/mol. The Kier molecular flexibility index (Phi) is 4.84. The number of benzene rings is 2. The van der Waals surface area contributed by atoms with Gasteiger partial charge in [-0.1, -0.05) is 54.6 Å². The second-order valence-corrected chi connectivity index (χ2v) is 7.25. The van der Waals surface area contributed by atoms with E-state index in [9.17, 15) is 4.79 Å². The lowest BCUT2D eigenvalue weighted by Crippen LogP contribution is -2.39. The number of aryl methyl sites for hydroxylation is 1. The normalized spacial score (nSPS) is 23.2. The number of fused-ring (bicyclic) bond motifs is 1. The number of nitrogens with zero attached hydrogens (tertiary/aromatic N) is 1. The highest BCUT2D eigenvalue weighted by atomic mass is 16.2. The maximum atomic E-state index is 12.7. The Balaban J connectivity index is 1.41. The van der Waals surface area contributed by atoms with Gasteiger partial charge in [0.05, 0.1) is 12.6 Å². The minimum atomic E-state index is 0.157. The summed E-state index contributed by atoms with van der Waals surface area (Å²) in [5.74, 6) is 0.157. The Hall–Kier alpha value is -2.13. The van der Waals surface area contributed by atoms with Gasteiger partial charge in [0.2, 0.25) is 5.91 Å². The summed E-state index contributed by atoms with van der Waals surface area (Å²) in [7, 11) is 0. The Labute approximate surface area is 150 Å². The average Bonchev–Trinajstić information content (AvgIpc) is 3.11. The average molecular weight is 334 g/mol. The van der Waals surface area contributed by atoms with Crippen LogP contribution in [-0.4, -0.2) is 23.9 Å². The molecule has 1 fully saturated rings. The molecule has 0 radical (unpaired) electrons. The van der Waals surface area contributed by atoms with Crippen molar-refractivity contribution in [3.63, 3.8) is 0 Å². The van der Waals surface area contributed by atoms with Gasteiger partial charge in [0.15, 0.2) is 0 Å². The SMILES string of the molecule is O=C(CN1CCC[C@H]1c1ccccc1)N[C@@H]1CCCc2ccccc21. The van der Waals surface area contributed by atoms with Gasteiger partial charge in [-0.2, -0.15) is 0 Å². The molecule has 2 aromatic rings. The first-order valence-corrected chi connectivity index (χ1v) is 9.47. The van der Waals surface area contributed by atoms with Crippen LogP contribution in [0.4, 0.5) is 0 Å². The molecule has 0 spiro atoms. The highest BCUT2D eigenvalue weighted by Gasteiger charge is 2.28. The van der Waals surface area contributed by atoms with Crippen LogP contribution in [0.5, 0.6) is 0 Å². The lowest BCUT2D eigenvalue weighted by Gasteiger charge is -2.29. The molecule has 0 bridgehead atoms. The molecule has 2 atom stereocenters. The zero-order chi connectivity index (χ0) is 17.1. The van der Waals surface area contributed by atoms with E-state index in [1.165, 1.54) is 23.1 Å². The second-order valence-electron chi connectivity index (χ2n) is 7.25. The zero-order valence-corrected chi connectivity index (χ0v) is 14.7.